The van der Waals surface area contributed by atoms with Crippen LogP contribution >= 0.6 is 11.6 Å². The molecule has 2 aromatic rings. The van der Waals surface area contributed by atoms with E-state index in [9.17, 15) is 4.79 Å². The molecule has 1 unspecified atom stereocenters. The largest absolute Gasteiger partial charge is 0.382 e. The number of ether oxygens (including phenoxy) is 2. The second-order valence-corrected chi connectivity index (χ2v) is 4.89. The van der Waals surface area contributed by atoms with Gasteiger partial charge in [-0.2, -0.15) is 0 Å². The summed E-state index contributed by atoms with van der Waals surface area (Å²) in [6.07, 6.45) is 1.29. The van der Waals surface area contributed by atoms with Gasteiger partial charge in [-0.1, -0.05) is 35.9 Å². The molecule has 112 valence electrons. The van der Waals surface area contributed by atoms with E-state index in [1.165, 1.54) is 6.20 Å². The third kappa shape index (κ3) is 3.69. The molecule has 0 fully saturated rings. The van der Waals surface area contributed by atoms with E-state index in [1.807, 2.05) is 24.3 Å². The Morgan fingerprint density at radius 2 is 2.05 bits per heavy atom. The lowest BCUT2D eigenvalue weighted by atomic mass is 10.1. The minimum Gasteiger partial charge on any atom is -0.382 e. The van der Waals surface area contributed by atoms with Crippen LogP contribution in [0.5, 0.6) is 0 Å². The van der Waals surface area contributed by atoms with Gasteiger partial charge in [0.05, 0.1) is 18.3 Å². The summed E-state index contributed by atoms with van der Waals surface area (Å²) in [5, 5.41) is 4.74. The summed E-state index contributed by atoms with van der Waals surface area (Å²) in [4.78, 5) is 16.4. The van der Waals surface area contributed by atoms with Crippen LogP contribution in [0, 0.1) is 0 Å². The fourth-order valence-electron chi connectivity index (χ4n) is 2.04. The van der Waals surface area contributed by atoms with Crippen molar-refractivity contribution in [3.05, 3.63) is 41.2 Å². The monoisotopic (exact) mass is 308 g/mol. The first kappa shape index (κ1) is 15.7. The van der Waals surface area contributed by atoms with Crippen LogP contribution in [0.4, 0.5) is 0 Å². The Morgan fingerprint density at radius 3 is 2.71 bits per heavy atom. The van der Waals surface area contributed by atoms with Gasteiger partial charge >= 0.3 is 0 Å². The molecule has 0 saturated carbocycles. The van der Waals surface area contributed by atoms with E-state index in [2.05, 4.69) is 10.3 Å². The Hall–Kier alpha value is -1.69. The molecule has 6 heteroatoms. The van der Waals surface area contributed by atoms with Crippen molar-refractivity contribution in [3.63, 3.8) is 0 Å². The summed E-state index contributed by atoms with van der Waals surface area (Å²) in [7, 11) is 3.17. The molecule has 21 heavy (non-hydrogen) atoms. The van der Waals surface area contributed by atoms with Gasteiger partial charge in [-0.15, -0.1) is 0 Å². The maximum Gasteiger partial charge on any atom is 0.253 e. The molecule has 1 aromatic carbocycles. The first-order chi connectivity index (χ1) is 10.2. The highest BCUT2D eigenvalue weighted by atomic mass is 35.5. The first-order valence-corrected chi connectivity index (χ1v) is 6.88. The highest BCUT2D eigenvalue weighted by molar-refractivity contribution is 6.34. The summed E-state index contributed by atoms with van der Waals surface area (Å²) in [5.41, 5.74) is 0.488. The summed E-state index contributed by atoms with van der Waals surface area (Å²) in [6.45, 7) is 0.774. The van der Waals surface area contributed by atoms with Gasteiger partial charge in [0.15, 0.2) is 0 Å². The van der Waals surface area contributed by atoms with Crippen molar-refractivity contribution in [1.29, 1.82) is 0 Å². The Balaban J connectivity index is 2.18. The Kier molecular flexibility index (Phi) is 5.50. The van der Waals surface area contributed by atoms with Gasteiger partial charge in [0.2, 0.25) is 0 Å². The number of carbonyl (C=O) groups is 1. The molecule has 1 aromatic heterocycles. The standard InChI is InChI=1S/C15H17ClN2O3/c1-20-9-10(21-2)7-18-15(19)13-8-17-14(16)12-6-4-3-5-11(12)13/h3-6,8,10H,7,9H2,1-2H3,(H,18,19). The molecule has 2 rings (SSSR count). The van der Waals surface area contributed by atoms with Gasteiger partial charge in [0.25, 0.3) is 5.91 Å². The number of hydrogen-bond donors (Lipinski definition) is 1. The van der Waals surface area contributed by atoms with E-state index in [1.54, 1.807) is 14.2 Å². The van der Waals surface area contributed by atoms with Crippen molar-refractivity contribution in [2.45, 2.75) is 6.10 Å². The predicted octanol–water partition coefficient (Wildman–Crippen LogP) is 2.28. The smallest absolute Gasteiger partial charge is 0.253 e. The number of nitrogens with one attached hydrogen (secondary N) is 1. The quantitative estimate of drug-likeness (QED) is 0.832. The maximum absolute atomic E-state index is 12.3. The van der Waals surface area contributed by atoms with Crippen molar-refractivity contribution in [1.82, 2.24) is 10.3 Å². The van der Waals surface area contributed by atoms with E-state index in [-0.39, 0.29) is 12.0 Å². The van der Waals surface area contributed by atoms with Gasteiger partial charge in [-0.05, 0) is 5.39 Å². The highest BCUT2D eigenvalue weighted by Crippen LogP contribution is 2.24. The lowest BCUT2D eigenvalue weighted by Crippen LogP contribution is -2.35. The fourth-order valence-corrected chi connectivity index (χ4v) is 2.25. The molecule has 1 amide bonds. The van der Waals surface area contributed by atoms with Crippen LogP contribution in [0.15, 0.2) is 30.5 Å². The molecule has 0 spiro atoms. The molecule has 1 heterocycles. The SMILES string of the molecule is COCC(CNC(=O)c1cnc(Cl)c2ccccc12)OC. The normalized spacial score (nSPS) is 12.3. The number of amides is 1. The number of pyridine rings is 1. The number of carbonyl (C=O) groups excluding carboxylic acids is 1. The van der Waals surface area contributed by atoms with Gasteiger partial charge in [-0.3, -0.25) is 4.79 Å². The maximum atomic E-state index is 12.3. The number of rotatable bonds is 6. The molecule has 1 atom stereocenters. The Morgan fingerprint density at radius 1 is 1.33 bits per heavy atom. The number of methoxy groups -OCH3 is 2. The van der Waals surface area contributed by atoms with E-state index in [0.29, 0.717) is 23.9 Å². The van der Waals surface area contributed by atoms with Crippen molar-refractivity contribution in [3.8, 4) is 0 Å². The Labute approximate surface area is 128 Å². The van der Waals surface area contributed by atoms with Crippen LogP contribution in [0.2, 0.25) is 5.15 Å². The number of aromatic nitrogens is 1. The van der Waals surface area contributed by atoms with Gasteiger partial charge in [0, 0.05) is 32.3 Å². The zero-order chi connectivity index (χ0) is 15.2. The van der Waals surface area contributed by atoms with Gasteiger partial charge < -0.3 is 14.8 Å². The summed E-state index contributed by atoms with van der Waals surface area (Å²) >= 11 is 6.05. The van der Waals surface area contributed by atoms with Crippen molar-refractivity contribution in [2.75, 3.05) is 27.4 Å². The van der Waals surface area contributed by atoms with Crippen LogP contribution in [0.25, 0.3) is 10.8 Å². The number of halogens is 1. The van der Waals surface area contributed by atoms with Crippen LogP contribution < -0.4 is 5.32 Å². The lowest BCUT2D eigenvalue weighted by molar-refractivity contribution is 0.0285. The van der Waals surface area contributed by atoms with Crippen molar-refractivity contribution in [2.24, 2.45) is 0 Å². The first-order valence-electron chi connectivity index (χ1n) is 6.50. The van der Waals surface area contributed by atoms with E-state index >= 15 is 0 Å². The second-order valence-electron chi connectivity index (χ2n) is 4.53. The molecule has 0 radical (unpaired) electrons. The molecule has 5 nitrogen and oxygen atoms in total. The predicted molar refractivity (Wildman–Crippen MR) is 81.8 cm³/mol. The molecular formula is C15H17ClN2O3. The summed E-state index contributed by atoms with van der Waals surface area (Å²) in [5.74, 6) is -0.214. The molecule has 0 aliphatic heterocycles. The van der Waals surface area contributed by atoms with Crippen molar-refractivity contribution < 1.29 is 14.3 Å². The second kappa shape index (κ2) is 7.36. The lowest BCUT2D eigenvalue weighted by Gasteiger charge is -2.15. The zero-order valence-corrected chi connectivity index (χ0v) is 12.7. The van der Waals surface area contributed by atoms with Gasteiger partial charge in [0.1, 0.15) is 5.15 Å². The molecule has 0 bridgehead atoms. The van der Waals surface area contributed by atoms with Gasteiger partial charge in [-0.25, -0.2) is 4.98 Å². The summed E-state index contributed by atoms with van der Waals surface area (Å²) in [6, 6.07) is 7.40. The van der Waals surface area contributed by atoms with Crippen LogP contribution in [-0.2, 0) is 9.47 Å². The molecule has 1 N–H and O–H groups in total. The summed E-state index contributed by atoms with van der Waals surface area (Å²) < 4.78 is 10.2. The molecule has 0 aliphatic rings. The number of nitrogens with zero attached hydrogens (tertiary/aromatic N) is 1. The number of fused-ring (bicyclic) bond motifs is 1. The number of hydrogen-bond acceptors (Lipinski definition) is 4. The minimum atomic E-state index is -0.214. The van der Waals surface area contributed by atoms with Crippen LogP contribution in [-0.4, -0.2) is 44.4 Å². The minimum absolute atomic E-state index is 0.189. The van der Waals surface area contributed by atoms with Crippen LogP contribution in [0.3, 0.4) is 0 Å². The topological polar surface area (TPSA) is 60.5 Å². The molecule has 0 aliphatic carbocycles. The number of benzene rings is 1. The highest BCUT2D eigenvalue weighted by Gasteiger charge is 2.14. The third-order valence-corrected chi connectivity index (χ3v) is 3.47. The van der Waals surface area contributed by atoms with E-state index in [0.717, 1.165) is 10.8 Å². The van der Waals surface area contributed by atoms with E-state index in [4.69, 9.17) is 21.1 Å². The third-order valence-electron chi connectivity index (χ3n) is 3.17. The van der Waals surface area contributed by atoms with Crippen molar-refractivity contribution >= 4 is 28.3 Å². The van der Waals surface area contributed by atoms with Crippen LogP contribution in [0.1, 0.15) is 10.4 Å². The Bertz CT molecular complexity index is 633. The average Bonchev–Trinajstić information content (AvgIpc) is 2.51. The van der Waals surface area contributed by atoms with E-state index < -0.39 is 0 Å². The molecular weight excluding hydrogens is 292 g/mol. The average molecular weight is 309 g/mol. The zero-order valence-electron chi connectivity index (χ0n) is 11.9. The molecule has 0 saturated heterocycles. The fraction of sp³-hybridized carbons (Fsp3) is 0.333.